The zero-order valence-electron chi connectivity index (χ0n) is 3.50. The van der Waals surface area contributed by atoms with E-state index in [0.29, 0.717) is 0 Å². The van der Waals surface area contributed by atoms with Crippen LogP contribution in [0, 0.1) is 40.8 Å². The van der Waals surface area contributed by atoms with Gasteiger partial charge in [-0.3, -0.25) is 0 Å². The Hall–Kier alpha value is 2.79. The van der Waals surface area contributed by atoms with Crippen LogP contribution in [-0.2, 0) is 18.1 Å². The van der Waals surface area contributed by atoms with Crippen molar-refractivity contribution in [1.29, 1.82) is 0 Å². The Labute approximate surface area is 97.8 Å². The van der Waals surface area contributed by atoms with Gasteiger partial charge in [0.25, 0.3) is 0 Å². The Bertz CT molecular complexity index is 27.2. The predicted octanol–water partition coefficient (Wildman–Crippen LogP) is -3.41. The van der Waals surface area contributed by atoms with Crippen molar-refractivity contribution in [3.63, 3.8) is 0 Å². The molecule has 7 heteroatoms. The van der Waals surface area contributed by atoms with Gasteiger partial charge in [-0.1, -0.05) is 0 Å². The van der Waals surface area contributed by atoms with Crippen molar-refractivity contribution in [1.82, 2.24) is 0 Å². The first kappa shape index (κ1) is 16.4. The second-order valence-corrected chi connectivity index (χ2v) is 2.47. The third kappa shape index (κ3) is 52.1. The number of hydrogen-bond donors (Lipinski definition) is 4. The molecule has 0 bridgehead atoms. The fraction of sp³-hybridized carbons (Fsp3) is 0. The van der Waals surface area contributed by atoms with E-state index in [1.54, 1.807) is 0 Å². The fourth-order valence-electron chi connectivity index (χ4n) is 0. The molecule has 0 rings (SSSR count). The van der Waals surface area contributed by atoms with Crippen LogP contribution in [0.25, 0.3) is 0 Å². The minimum atomic E-state index is -5.00. The van der Waals surface area contributed by atoms with E-state index >= 15 is 0 Å². The van der Waals surface area contributed by atoms with Crippen LogP contribution in [0.5, 0.6) is 0 Å². The molecule has 0 radical (unpaired) electrons. The average molecular weight is 472 g/mol. The van der Waals surface area contributed by atoms with E-state index in [0.717, 1.165) is 0 Å². The number of hydrogen-bond acceptors (Lipinski definition) is 4. The fourth-order valence-corrected chi connectivity index (χ4v) is 0. The molecule has 7 heavy (non-hydrogen) atoms. The summed E-state index contributed by atoms with van der Waals surface area (Å²) in [6.07, 6.45) is 0. The van der Waals surface area contributed by atoms with E-state index in [-0.39, 0.29) is 67.0 Å². The summed E-state index contributed by atoms with van der Waals surface area (Å²) in [7, 11) is 0. The quantitative estimate of drug-likeness (QED) is 0.277. The zero-order chi connectivity index (χ0) is 4.50. The molecule has 44 valence electrons. The summed E-state index contributed by atoms with van der Waals surface area (Å²) in [5, 5.41) is 0. The van der Waals surface area contributed by atoms with Crippen LogP contribution in [0.3, 0.4) is 0 Å². The molecule has 0 atom stereocenters. The summed E-state index contributed by atoms with van der Waals surface area (Å²) >= 11 is -5.00. The Balaban J connectivity index is -0.0000000800. The molecular weight excluding hydrogens is 465 g/mol. The summed E-state index contributed by atoms with van der Waals surface area (Å²) < 4.78 is 29.5. The van der Waals surface area contributed by atoms with Crippen molar-refractivity contribution >= 4 is 26.2 Å². The van der Waals surface area contributed by atoms with Crippen molar-refractivity contribution in [2.75, 3.05) is 0 Å². The summed E-state index contributed by atoms with van der Waals surface area (Å²) in [5.74, 6) is 0. The van der Waals surface area contributed by atoms with Crippen LogP contribution < -0.4 is 0 Å². The number of rotatable bonds is 0. The molecule has 0 aromatic rings. The Morgan fingerprint density at radius 2 is 0.857 bits per heavy atom. The van der Waals surface area contributed by atoms with Crippen LogP contribution in [-0.4, -0.2) is 41.0 Å². The molecule has 0 aliphatic heterocycles. The second kappa shape index (κ2) is 6.90. The Kier molecular flexibility index (Phi) is 16.2. The first-order chi connectivity index (χ1) is 2.00. The molecule has 0 aliphatic carbocycles. The summed E-state index contributed by atoms with van der Waals surface area (Å²) in [5.41, 5.74) is 0. The molecule has 0 saturated carbocycles. The third-order valence-corrected chi connectivity index (χ3v) is 0. The van der Waals surface area contributed by atoms with Gasteiger partial charge in [-0.2, -0.15) is 0 Å². The zero-order valence-corrected chi connectivity index (χ0v) is 13.8. The van der Waals surface area contributed by atoms with Crippen LogP contribution in [0.1, 0.15) is 0 Å². The van der Waals surface area contributed by atoms with Gasteiger partial charge >= 0.3 is 59.1 Å². The van der Waals surface area contributed by atoms with Crippen molar-refractivity contribution in [3.8, 4) is 0 Å². The van der Waals surface area contributed by atoms with Gasteiger partial charge in [0, 0.05) is 40.8 Å². The Morgan fingerprint density at radius 3 is 0.857 bits per heavy atom. The molecule has 0 aromatic carbocycles. The van der Waals surface area contributed by atoms with Gasteiger partial charge < -0.3 is 0 Å². The van der Waals surface area contributed by atoms with Gasteiger partial charge in [0.05, 0.1) is 0 Å². The molecule has 0 fully saturated rings. The van der Waals surface area contributed by atoms with Gasteiger partial charge in [-0.25, -0.2) is 0 Å². The van der Waals surface area contributed by atoms with Crippen LogP contribution in [0.15, 0.2) is 0 Å². The third-order valence-electron chi connectivity index (χ3n) is 0. The molecule has 0 amide bonds. The van der Waals surface area contributed by atoms with E-state index in [9.17, 15) is 0 Å². The van der Waals surface area contributed by atoms with Crippen molar-refractivity contribution in [2.45, 2.75) is 0 Å². The molecule has 0 heterocycles. The monoisotopic (exact) mass is 470 g/mol. The molecule has 0 aromatic heterocycles. The van der Waals surface area contributed by atoms with E-state index in [1.165, 1.54) is 0 Å². The Morgan fingerprint density at radius 1 is 0.857 bits per heavy atom. The molecule has 0 spiro atoms. The summed E-state index contributed by atoms with van der Waals surface area (Å²) in [4.78, 5) is 0. The van der Waals surface area contributed by atoms with Gasteiger partial charge in [0.1, 0.15) is 0 Å². The van der Waals surface area contributed by atoms with Gasteiger partial charge in [0.15, 0.2) is 0 Å². The van der Waals surface area contributed by atoms with E-state index in [1.807, 2.05) is 0 Å². The predicted molar refractivity (Wildman–Crippen MR) is 18.8 cm³/mol. The summed E-state index contributed by atoms with van der Waals surface area (Å²) in [6.45, 7) is 0. The molecule has 0 saturated heterocycles. The molecule has 4 nitrogen and oxygen atoms in total. The van der Waals surface area contributed by atoms with E-state index < -0.39 is 18.1 Å². The van der Waals surface area contributed by atoms with Crippen molar-refractivity contribution in [2.24, 2.45) is 0 Å². The first-order valence-electron chi connectivity index (χ1n) is 0.894. The van der Waals surface area contributed by atoms with Crippen LogP contribution in [0.2, 0.25) is 0 Å². The average Bonchev–Trinajstić information content (AvgIpc) is 0.722. The van der Waals surface area contributed by atoms with E-state index in [4.69, 9.17) is 14.8 Å². The standard InChI is InChI=1S/Bi.Nd.4H2O.Ti.3H/h;;4*1H2;;;;/q;;;;;;+4;;;/p-4. The first-order valence-corrected chi connectivity index (χ1v) is 3.69. The summed E-state index contributed by atoms with van der Waals surface area (Å²) in [6, 6.07) is 0. The normalized spacial score (nSPS) is 8.57. The van der Waals surface area contributed by atoms with Crippen molar-refractivity contribution in [3.05, 3.63) is 0 Å². The van der Waals surface area contributed by atoms with Crippen molar-refractivity contribution < 1.29 is 73.7 Å². The SMILES string of the molecule is [BiH3].[Nd].[OH][Ti]([OH])([OH])[OH]. The van der Waals surface area contributed by atoms with Gasteiger partial charge in [0.2, 0.25) is 0 Å². The van der Waals surface area contributed by atoms with Crippen LogP contribution in [0.4, 0.5) is 0 Å². The maximum absolute atomic E-state index is 7.38. The minimum absolute atomic E-state index is 0. The van der Waals surface area contributed by atoms with E-state index in [2.05, 4.69) is 0 Å². The molecule has 4 N–H and O–H groups in total. The van der Waals surface area contributed by atoms with Gasteiger partial charge in [-0.05, 0) is 0 Å². The molecule has 0 aliphatic rings. The van der Waals surface area contributed by atoms with Crippen LogP contribution >= 0.6 is 0 Å². The maximum atomic E-state index is 7.38. The van der Waals surface area contributed by atoms with Gasteiger partial charge in [-0.15, -0.1) is 0 Å². The molecule has 0 unspecified atom stereocenters. The topological polar surface area (TPSA) is 80.9 Å². The second-order valence-electron chi connectivity index (χ2n) is 0.600. The molecular formula is H7BiNdO4Ti.